The van der Waals surface area contributed by atoms with Gasteiger partial charge in [-0.25, -0.2) is 4.98 Å². The van der Waals surface area contributed by atoms with E-state index in [1.165, 1.54) is 39.0 Å². The lowest BCUT2D eigenvalue weighted by atomic mass is 9.89. The molecule has 0 aromatic carbocycles. The van der Waals surface area contributed by atoms with Crippen molar-refractivity contribution >= 4 is 22.8 Å². The highest BCUT2D eigenvalue weighted by molar-refractivity contribution is 5.95. The maximum Gasteiger partial charge on any atom is 0.201 e. The molecule has 5 nitrogen and oxygen atoms in total. The first-order valence-electron chi connectivity index (χ1n) is 7.28. The van der Waals surface area contributed by atoms with Crippen LogP contribution in [0.3, 0.4) is 0 Å². The van der Waals surface area contributed by atoms with Crippen molar-refractivity contribution in [2.75, 3.05) is 5.73 Å². The van der Waals surface area contributed by atoms with E-state index in [9.17, 15) is 4.79 Å². The predicted octanol–water partition coefficient (Wildman–Crippen LogP) is 2.80. The molecule has 0 radical (unpaired) electrons. The molecular formula is C15H20N4O. The van der Waals surface area contributed by atoms with Gasteiger partial charge in [0.25, 0.3) is 0 Å². The molecule has 106 valence electrons. The quantitative estimate of drug-likeness (QED) is 0.872. The van der Waals surface area contributed by atoms with Gasteiger partial charge in [0, 0.05) is 13.5 Å². The van der Waals surface area contributed by atoms with E-state index in [0.717, 1.165) is 17.6 Å². The number of nitrogen functional groups attached to an aromatic ring is 1. The van der Waals surface area contributed by atoms with Gasteiger partial charge >= 0.3 is 0 Å². The van der Waals surface area contributed by atoms with Gasteiger partial charge in [0.2, 0.25) is 5.95 Å². The maximum atomic E-state index is 11.5. The number of anilines is 1. The Hall–Kier alpha value is -1.91. The number of imidazole rings is 1. The first-order valence-corrected chi connectivity index (χ1v) is 7.28. The van der Waals surface area contributed by atoms with Gasteiger partial charge in [-0.15, -0.1) is 0 Å². The average Bonchev–Trinajstić information content (AvgIpc) is 2.75. The van der Waals surface area contributed by atoms with E-state index in [2.05, 4.69) is 9.97 Å². The summed E-state index contributed by atoms with van der Waals surface area (Å²) in [7, 11) is 0. The number of aromatic nitrogens is 3. The van der Waals surface area contributed by atoms with E-state index in [0.29, 0.717) is 17.6 Å². The Morgan fingerprint density at radius 1 is 1.40 bits per heavy atom. The predicted molar refractivity (Wildman–Crippen MR) is 78.5 cm³/mol. The topological polar surface area (TPSA) is 73.8 Å². The van der Waals surface area contributed by atoms with Crippen LogP contribution < -0.4 is 5.73 Å². The minimum Gasteiger partial charge on any atom is -0.369 e. The van der Waals surface area contributed by atoms with Crippen molar-refractivity contribution in [2.24, 2.45) is 5.92 Å². The highest BCUT2D eigenvalue weighted by Crippen LogP contribution is 2.28. The van der Waals surface area contributed by atoms with Crippen LogP contribution in [0, 0.1) is 5.92 Å². The number of rotatable bonds is 3. The molecule has 1 saturated carbocycles. The van der Waals surface area contributed by atoms with Gasteiger partial charge in [-0.1, -0.05) is 19.3 Å². The van der Waals surface area contributed by atoms with Crippen LogP contribution in [0.5, 0.6) is 0 Å². The lowest BCUT2D eigenvalue weighted by molar-refractivity contribution is 0.101. The summed E-state index contributed by atoms with van der Waals surface area (Å²) in [6.07, 6.45) is 8.09. The zero-order valence-corrected chi connectivity index (χ0v) is 11.8. The number of pyridine rings is 1. The molecule has 2 aromatic heterocycles. The van der Waals surface area contributed by atoms with Crippen LogP contribution >= 0.6 is 0 Å². The number of fused-ring (bicyclic) bond motifs is 1. The van der Waals surface area contributed by atoms with Crippen molar-refractivity contribution in [3.8, 4) is 0 Å². The molecule has 2 heterocycles. The third-order valence-electron chi connectivity index (χ3n) is 4.19. The normalized spacial score (nSPS) is 16.6. The molecule has 0 spiro atoms. The number of carbonyl (C=O) groups excluding carboxylic acids is 1. The minimum atomic E-state index is -0.0316. The van der Waals surface area contributed by atoms with E-state index in [1.807, 2.05) is 10.6 Å². The zero-order valence-electron chi connectivity index (χ0n) is 11.8. The minimum absolute atomic E-state index is 0.0316. The monoisotopic (exact) mass is 272 g/mol. The molecule has 1 aliphatic rings. The summed E-state index contributed by atoms with van der Waals surface area (Å²) in [6.45, 7) is 2.42. The Morgan fingerprint density at radius 3 is 2.85 bits per heavy atom. The molecule has 2 aromatic rings. The molecule has 1 fully saturated rings. The van der Waals surface area contributed by atoms with Crippen molar-refractivity contribution in [3.05, 3.63) is 18.0 Å². The second kappa shape index (κ2) is 5.23. The summed E-state index contributed by atoms with van der Waals surface area (Å²) in [5.74, 6) is 1.15. The molecule has 0 unspecified atom stereocenters. The van der Waals surface area contributed by atoms with Crippen LogP contribution in [-0.2, 0) is 6.54 Å². The fourth-order valence-electron chi connectivity index (χ4n) is 3.06. The SMILES string of the molecule is CC(=O)c1cc2c(cn1)nc(N)n2CC1CCCCC1. The molecular weight excluding hydrogens is 252 g/mol. The zero-order chi connectivity index (χ0) is 14.1. The number of nitrogens with two attached hydrogens (primary N) is 1. The molecule has 0 aliphatic heterocycles. The number of Topliss-reactive ketones (excluding diaryl/α,β-unsaturated/α-hetero) is 1. The van der Waals surface area contributed by atoms with Crippen molar-refractivity contribution in [2.45, 2.75) is 45.6 Å². The van der Waals surface area contributed by atoms with Gasteiger partial charge in [-0.2, -0.15) is 0 Å². The number of hydrogen-bond acceptors (Lipinski definition) is 4. The second-order valence-electron chi connectivity index (χ2n) is 5.70. The van der Waals surface area contributed by atoms with Crippen molar-refractivity contribution in [3.63, 3.8) is 0 Å². The Balaban J connectivity index is 1.97. The third-order valence-corrected chi connectivity index (χ3v) is 4.19. The highest BCUT2D eigenvalue weighted by atomic mass is 16.1. The van der Waals surface area contributed by atoms with E-state index >= 15 is 0 Å². The lowest BCUT2D eigenvalue weighted by Crippen LogP contribution is -2.15. The Kier molecular flexibility index (Phi) is 3.42. The average molecular weight is 272 g/mol. The highest BCUT2D eigenvalue weighted by Gasteiger charge is 2.18. The Labute approximate surface area is 118 Å². The molecule has 5 heteroatoms. The molecule has 2 N–H and O–H groups in total. The van der Waals surface area contributed by atoms with Gasteiger partial charge in [-0.05, 0) is 24.8 Å². The molecule has 0 bridgehead atoms. The molecule has 3 rings (SSSR count). The van der Waals surface area contributed by atoms with Crippen molar-refractivity contribution < 1.29 is 4.79 Å². The van der Waals surface area contributed by atoms with Crippen LogP contribution in [0.15, 0.2) is 12.3 Å². The number of ketones is 1. The molecule has 0 amide bonds. The first kappa shape index (κ1) is 13.1. The van der Waals surface area contributed by atoms with Gasteiger partial charge in [-0.3, -0.25) is 9.78 Å². The second-order valence-corrected chi connectivity index (χ2v) is 5.70. The number of carbonyl (C=O) groups is 1. The molecule has 1 aliphatic carbocycles. The molecule has 0 atom stereocenters. The van der Waals surface area contributed by atoms with Gasteiger partial charge in [0.05, 0.1) is 11.7 Å². The molecule has 20 heavy (non-hydrogen) atoms. The summed E-state index contributed by atoms with van der Waals surface area (Å²) in [5.41, 5.74) is 8.20. The van der Waals surface area contributed by atoms with Crippen molar-refractivity contribution in [1.29, 1.82) is 0 Å². The number of hydrogen-bond donors (Lipinski definition) is 1. The lowest BCUT2D eigenvalue weighted by Gasteiger charge is -2.22. The van der Waals surface area contributed by atoms with Gasteiger partial charge in [0.15, 0.2) is 5.78 Å². The van der Waals surface area contributed by atoms with E-state index in [1.54, 1.807) is 6.20 Å². The van der Waals surface area contributed by atoms with E-state index in [4.69, 9.17) is 5.73 Å². The van der Waals surface area contributed by atoms with E-state index in [-0.39, 0.29) is 5.78 Å². The summed E-state index contributed by atoms with van der Waals surface area (Å²) in [4.78, 5) is 19.9. The maximum absolute atomic E-state index is 11.5. The van der Waals surface area contributed by atoms with Crippen molar-refractivity contribution in [1.82, 2.24) is 14.5 Å². The van der Waals surface area contributed by atoms with Gasteiger partial charge < -0.3 is 10.3 Å². The summed E-state index contributed by atoms with van der Waals surface area (Å²) in [5, 5.41) is 0. The largest absolute Gasteiger partial charge is 0.369 e. The third kappa shape index (κ3) is 2.40. The van der Waals surface area contributed by atoms with E-state index < -0.39 is 0 Å². The molecule has 0 saturated heterocycles. The summed E-state index contributed by atoms with van der Waals surface area (Å²) < 4.78 is 2.04. The van der Waals surface area contributed by atoms with Crippen LogP contribution in [-0.4, -0.2) is 20.3 Å². The fraction of sp³-hybridized carbons (Fsp3) is 0.533. The fourth-order valence-corrected chi connectivity index (χ4v) is 3.06. The van der Waals surface area contributed by atoms with Crippen LogP contribution in [0.25, 0.3) is 11.0 Å². The summed E-state index contributed by atoms with van der Waals surface area (Å²) >= 11 is 0. The smallest absolute Gasteiger partial charge is 0.201 e. The standard InChI is InChI=1S/C15H20N4O/c1-10(20)12-7-14-13(8-17-12)18-15(16)19(14)9-11-5-3-2-4-6-11/h7-8,11H,2-6,9H2,1H3,(H2,16,18). The number of nitrogens with zero attached hydrogens (tertiary/aromatic N) is 3. The first-order chi connectivity index (χ1) is 9.65. The van der Waals surface area contributed by atoms with Crippen LogP contribution in [0.1, 0.15) is 49.5 Å². The van der Waals surface area contributed by atoms with Crippen LogP contribution in [0.2, 0.25) is 0 Å². The van der Waals surface area contributed by atoms with Crippen LogP contribution in [0.4, 0.5) is 5.95 Å². The summed E-state index contributed by atoms with van der Waals surface area (Å²) in [6, 6.07) is 1.81. The Morgan fingerprint density at radius 2 is 2.15 bits per heavy atom. The Bertz CT molecular complexity index is 641. The van der Waals surface area contributed by atoms with Gasteiger partial charge in [0.1, 0.15) is 11.2 Å².